The third-order valence-corrected chi connectivity index (χ3v) is 6.91. The van der Waals surface area contributed by atoms with Gasteiger partial charge in [0.15, 0.2) is 5.82 Å². The number of rotatable bonds is 6. The second-order valence-electron chi connectivity index (χ2n) is 7.03. The topological polar surface area (TPSA) is 114 Å². The van der Waals surface area contributed by atoms with Crippen molar-refractivity contribution in [1.82, 2.24) is 24.0 Å². The lowest BCUT2D eigenvalue weighted by Crippen LogP contribution is -2.48. The van der Waals surface area contributed by atoms with E-state index in [0.29, 0.717) is 44.2 Å². The molecule has 0 unspecified atom stereocenters. The van der Waals surface area contributed by atoms with Gasteiger partial charge in [0.2, 0.25) is 10.0 Å². The Balaban J connectivity index is 1.36. The van der Waals surface area contributed by atoms with E-state index in [0.717, 1.165) is 12.1 Å². The summed E-state index contributed by atoms with van der Waals surface area (Å²) in [5, 5.41) is 15.2. The van der Waals surface area contributed by atoms with Gasteiger partial charge in [0.05, 0.1) is 16.5 Å². The zero-order valence-electron chi connectivity index (χ0n) is 16.3. The zero-order valence-corrected chi connectivity index (χ0v) is 17.2. The van der Waals surface area contributed by atoms with Crippen molar-refractivity contribution in [2.24, 2.45) is 0 Å². The predicted molar refractivity (Wildman–Crippen MR) is 109 cm³/mol. The van der Waals surface area contributed by atoms with Gasteiger partial charge >= 0.3 is 0 Å². The fourth-order valence-corrected chi connectivity index (χ4v) is 4.72. The van der Waals surface area contributed by atoms with E-state index in [1.54, 1.807) is 23.1 Å². The Kier molecular flexibility index (Phi) is 5.76. The average molecular weight is 446 g/mol. The lowest BCUT2D eigenvalue weighted by atomic mass is 10.2. The number of piperazine rings is 1. The molecule has 0 bridgehead atoms. The number of hydrogen-bond acceptors (Lipinski definition) is 7. The summed E-state index contributed by atoms with van der Waals surface area (Å²) >= 11 is 0. The molecule has 1 saturated heterocycles. The van der Waals surface area contributed by atoms with Crippen LogP contribution in [-0.2, 0) is 16.7 Å². The number of hydrogen-bond donors (Lipinski definition) is 0. The third kappa shape index (κ3) is 4.60. The Morgan fingerprint density at radius 1 is 1.00 bits per heavy atom. The SMILES string of the molecule is O=[N+]([O-])c1ccc(-c2ncn(CN3CCN(S(=O)(=O)c4ccc(F)cc4)CC3)n2)cc1. The normalized spacial score (nSPS) is 15.8. The van der Waals surface area contributed by atoms with Gasteiger partial charge in [-0.25, -0.2) is 22.5 Å². The summed E-state index contributed by atoms with van der Waals surface area (Å²) in [5.41, 5.74) is 0.663. The van der Waals surface area contributed by atoms with Crippen LogP contribution in [0.5, 0.6) is 0 Å². The highest BCUT2D eigenvalue weighted by Gasteiger charge is 2.28. The van der Waals surface area contributed by atoms with Gasteiger partial charge in [-0.05, 0) is 36.4 Å². The molecule has 0 radical (unpaired) electrons. The van der Waals surface area contributed by atoms with Crippen molar-refractivity contribution in [2.45, 2.75) is 11.6 Å². The highest BCUT2D eigenvalue weighted by molar-refractivity contribution is 7.89. The lowest BCUT2D eigenvalue weighted by Gasteiger charge is -2.33. The van der Waals surface area contributed by atoms with Crippen molar-refractivity contribution < 1.29 is 17.7 Å². The van der Waals surface area contributed by atoms with Crippen molar-refractivity contribution in [3.63, 3.8) is 0 Å². The van der Waals surface area contributed by atoms with Gasteiger partial charge in [-0.3, -0.25) is 15.0 Å². The Labute approximate surface area is 177 Å². The minimum atomic E-state index is -3.66. The van der Waals surface area contributed by atoms with Crippen molar-refractivity contribution in [3.05, 3.63) is 70.8 Å². The highest BCUT2D eigenvalue weighted by Crippen LogP contribution is 2.20. The zero-order chi connectivity index (χ0) is 22.0. The van der Waals surface area contributed by atoms with Crippen molar-refractivity contribution in [2.75, 3.05) is 26.2 Å². The van der Waals surface area contributed by atoms with Crippen LogP contribution in [0.2, 0.25) is 0 Å². The van der Waals surface area contributed by atoms with Gasteiger partial charge in [-0.2, -0.15) is 4.31 Å². The quantitative estimate of drug-likeness (QED) is 0.420. The van der Waals surface area contributed by atoms with Gasteiger partial charge in [-0.15, -0.1) is 5.10 Å². The summed E-state index contributed by atoms with van der Waals surface area (Å²) in [6.07, 6.45) is 1.57. The maximum Gasteiger partial charge on any atom is 0.269 e. The van der Waals surface area contributed by atoms with Crippen molar-refractivity contribution in [3.8, 4) is 11.4 Å². The second kappa shape index (κ2) is 8.49. The van der Waals surface area contributed by atoms with Gasteiger partial charge in [0, 0.05) is 43.9 Å². The van der Waals surface area contributed by atoms with E-state index < -0.39 is 20.8 Å². The molecule has 3 aromatic rings. The Morgan fingerprint density at radius 2 is 1.65 bits per heavy atom. The monoisotopic (exact) mass is 446 g/mol. The van der Waals surface area contributed by atoms with E-state index >= 15 is 0 Å². The highest BCUT2D eigenvalue weighted by atomic mass is 32.2. The molecule has 1 fully saturated rings. The maximum absolute atomic E-state index is 13.1. The Morgan fingerprint density at radius 3 is 2.26 bits per heavy atom. The summed E-state index contributed by atoms with van der Waals surface area (Å²) < 4.78 is 41.5. The van der Waals surface area contributed by atoms with Crippen LogP contribution in [0.25, 0.3) is 11.4 Å². The third-order valence-electron chi connectivity index (χ3n) is 5.00. The van der Waals surface area contributed by atoms with Gasteiger partial charge in [0.1, 0.15) is 12.1 Å². The number of sulfonamides is 1. The fourth-order valence-electron chi connectivity index (χ4n) is 3.30. The first-order valence-corrected chi connectivity index (χ1v) is 10.9. The molecule has 1 aliphatic heterocycles. The molecule has 0 saturated carbocycles. The molecule has 2 aromatic carbocycles. The van der Waals surface area contributed by atoms with Crippen molar-refractivity contribution >= 4 is 15.7 Å². The molecule has 162 valence electrons. The molecule has 12 heteroatoms. The number of benzene rings is 2. The van der Waals surface area contributed by atoms with E-state index in [2.05, 4.69) is 10.1 Å². The first kappa shape index (κ1) is 21.0. The van der Waals surface area contributed by atoms with E-state index in [9.17, 15) is 22.9 Å². The van der Waals surface area contributed by atoms with Crippen LogP contribution in [0.1, 0.15) is 0 Å². The molecule has 0 amide bonds. The summed E-state index contributed by atoms with van der Waals surface area (Å²) in [6, 6.07) is 10.8. The van der Waals surface area contributed by atoms with Gasteiger partial charge < -0.3 is 0 Å². The second-order valence-corrected chi connectivity index (χ2v) is 8.97. The molecule has 10 nitrogen and oxygen atoms in total. The summed E-state index contributed by atoms with van der Waals surface area (Å²) in [6.45, 7) is 2.07. The number of nitrogens with zero attached hydrogens (tertiary/aromatic N) is 6. The number of nitro benzene ring substituents is 1. The van der Waals surface area contributed by atoms with Crippen LogP contribution in [-0.4, -0.2) is 63.5 Å². The largest absolute Gasteiger partial charge is 0.282 e. The smallest absolute Gasteiger partial charge is 0.269 e. The first-order valence-electron chi connectivity index (χ1n) is 9.45. The minimum Gasteiger partial charge on any atom is -0.282 e. The Hall–Kier alpha value is -3.22. The summed E-state index contributed by atoms with van der Waals surface area (Å²) in [7, 11) is -3.66. The number of aromatic nitrogens is 3. The van der Waals surface area contributed by atoms with E-state index in [1.807, 2.05) is 4.90 Å². The molecule has 0 atom stereocenters. The van der Waals surface area contributed by atoms with Gasteiger partial charge in [0.25, 0.3) is 5.69 Å². The molecule has 31 heavy (non-hydrogen) atoms. The fraction of sp³-hybridized carbons (Fsp3) is 0.263. The minimum absolute atomic E-state index is 0.00311. The maximum atomic E-state index is 13.1. The molecule has 0 aliphatic carbocycles. The van der Waals surface area contributed by atoms with Crippen LogP contribution in [0, 0.1) is 15.9 Å². The average Bonchev–Trinajstić information content (AvgIpc) is 3.23. The van der Waals surface area contributed by atoms with E-state index in [-0.39, 0.29) is 10.6 Å². The van der Waals surface area contributed by atoms with E-state index in [1.165, 1.54) is 28.6 Å². The van der Waals surface area contributed by atoms with Crippen molar-refractivity contribution in [1.29, 1.82) is 0 Å². The molecule has 1 aromatic heterocycles. The van der Waals surface area contributed by atoms with Crippen LogP contribution < -0.4 is 0 Å². The molecule has 1 aliphatic rings. The molecule has 2 heterocycles. The number of non-ortho nitro benzene ring substituents is 1. The van der Waals surface area contributed by atoms with E-state index in [4.69, 9.17) is 0 Å². The lowest BCUT2D eigenvalue weighted by molar-refractivity contribution is -0.384. The van der Waals surface area contributed by atoms with Gasteiger partial charge in [-0.1, -0.05) is 0 Å². The Bertz CT molecular complexity index is 1170. The van der Waals surface area contributed by atoms with Crippen LogP contribution in [0.15, 0.2) is 59.8 Å². The molecule has 0 spiro atoms. The summed E-state index contributed by atoms with van der Waals surface area (Å²) in [5.74, 6) is -0.0304. The molecule has 0 N–H and O–H groups in total. The molecular formula is C19H19FN6O4S. The molecular weight excluding hydrogens is 427 g/mol. The number of halogens is 1. The molecule has 4 rings (SSSR count). The van der Waals surface area contributed by atoms with Crippen LogP contribution in [0.3, 0.4) is 0 Å². The van der Waals surface area contributed by atoms with Crippen LogP contribution in [0.4, 0.5) is 10.1 Å². The predicted octanol–water partition coefficient (Wildman–Crippen LogP) is 1.96. The van der Waals surface area contributed by atoms with Crippen LogP contribution >= 0.6 is 0 Å². The number of nitro groups is 1. The first-order chi connectivity index (χ1) is 14.8. The summed E-state index contributed by atoms with van der Waals surface area (Å²) in [4.78, 5) is 16.7. The standard InChI is InChI=1S/C19H19FN6O4S/c20-16-3-7-18(8-4-16)31(29,30)25-11-9-23(10-12-25)14-24-13-21-19(22-24)15-1-5-17(6-2-15)26(27)28/h1-8,13H,9-12,14H2.